The van der Waals surface area contributed by atoms with Gasteiger partial charge >= 0.3 is 5.97 Å². The van der Waals surface area contributed by atoms with Crippen LogP contribution in [-0.2, 0) is 4.79 Å². The Morgan fingerprint density at radius 2 is 2.06 bits per heavy atom. The fraction of sp³-hybridized carbons (Fsp3) is 0.500. The average molecular weight is 270 g/mol. The van der Waals surface area contributed by atoms with Gasteiger partial charge in [-0.15, -0.1) is 0 Å². The number of carbonyl (C=O) groups is 1. The molecule has 1 aromatic rings. The summed E-state index contributed by atoms with van der Waals surface area (Å²) in [6, 6.07) is 6.88. The van der Waals surface area contributed by atoms with E-state index in [0.717, 1.165) is 17.0 Å². The molecule has 0 radical (unpaired) electrons. The molecule has 0 saturated heterocycles. The highest BCUT2D eigenvalue weighted by Gasteiger charge is 2.24. The highest BCUT2D eigenvalue weighted by molar-refractivity contribution is 6.31. The molecule has 0 bridgehead atoms. The van der Waals surface area contributed by atoms with Crippen molar-refractivity contribution in [2.24, 2.45) is 11.7 Å². The molecule has 3 unspecified atom stereocenters. The van der Waals surface area contributed by atoms with E-state index in [-0.39, 0.29) is 11.8 Å². The molecule has 3 N–H and O–H groups in total. The minimum absolute atomic E-state index is 0.203. The van der Waals surface area contributed by atoms with Crippen LogP contribution in [0, 0.1) is 5.92 Å². The van der Waals surface area contributed by atoms with Crippen molar-refractivity contribution in [3.05, 3.63) is 34.9 Å². The third kappa shape index (κ3) is 3.72. The molecule has 0 aromatic heterocycles. The summed E-state index contributed by atoms with van der Waals surface area (Å²) in [5.41, 5.74) is 6.67. The molecule has 1 rings (SSSR count). The van der Waals surface area contributed by atoms with Crippen LogP contribution in [0.5, 0.6) is 0 Å². The standard InChI is InChI=1S/C14H20ClNO2/c1-3-10(8-13(16)14(17)18)9(2)11-6-4-5-7-12(11)15/h4-7,9-10,13H,3,8,16H2,1-2H3,(H,17,18). The Hall–Kier alpha value is -1.06. The van der Waals surface area contributed by atoms with Crippen LogP contribution < -0.4 is 5.73 Å². The van der Waals surface area contributed by atoms with E-state index in [2.05, 4.69) is 6.92 Å². The second-order valence-electron chi connectivity index (χ2n) is 4.66. The normalized spacial score (nSPS) is 16.0. The summed E-state index contributed by atoms with van der Waals surface area (Å²) in [7, 11) is 0. The minimum Gasteiger partial charge on any atom is -0.480 e. The third-order valence-corrected chi connectivity index (χ3v) is 3.85. The van der Waals surface area contributed by atoms with E-state index < -0.39 is 12.0 Å². The van der Waals surface area contributed by atoms with Gasteiger partial charge in [0.1, 0.15) is 6.04 Å². The van der Waals surface area contributed by atoms with E-state index in [4.69, 9.17) is 22.4 Å². The quantitative estimate of drug-likeness (QED) is 0.833. The molecular formula is C14H20ClNO2. The molecule has 18 heavy (non-hydrogen) atoms. The molecule has 4 heteroatoms. The number of rotatable bonds is 6. The lowest BCUT2D eigenvalue weighted by molar-refractivity contribution is -0.139. The molecule has 0 aliphatic rings. The van der Waals surface area contributed by atoms with Gasteiger partial charge in [-0.25, -0.2) is 0 Å². The molecule has 0 heterocycles. The second kappa shape index (κ2) is 6.76. The summed E-state index contributed by atoms with van der Waals surface area (Å²) in [4.78, 5) is 10.8. The first-order chi connectivity index (χ1) is 8.47. The van der Waals surface area contributed by atoms with E-state index in [1.54, 1.807) is 0 Å². The first kappa shape index (κ1) is 15.0. The predicted molar refractivity (Wildman–Crippen MR) is 73.9 cm³/mol. The van der Waals surface area contributed by atoms with Gasteiger partial charge in [0.2, 0.25) is 0 Å². The first-order valence-electron chi connectivity index (χ1n) is 6.20. The molecule has 0 spiro atoms. The third-order valence-electron chi connectivity index (χ3n) is 3.50. The number of carboxylic acids is 1. The Bertz CT molecular complexity index is 409. The molecule has 0 aliphatic heterocycles. The Kier molecular flexibility index (Phi) is 5.63. The predicted octanol–water partition coefficient (Wildman–Crippen LogP) is 3.27. The van der Waals surface area contributed by atoms with Crippen molar-refractivity contribution in [3.63, 3.8) is 0 Å². The summed E-state index contributed by atoms with van der Waals surface area (Å²) in [6.07, 6.45) is 1.35. The Morgan fingerprint density at radius 1 is 1.44 bits per heavy atom. The van der Waals surface area contributed by atoms with E-state index in [1.165, 1.54) is 0 Å². The lowest BCUT2D eigenvalue weighted by Gasteiger charge is -2.25. The topological polar surface area (TPSA) is 63.3 Å². The monoisotopic (exact) mass is 269 g/mol. The van der Waals surface area contributed by atoms with Crippen LogP contribution in [0.2, 0.25) is 5.02 Å². The molecule has 100 valence electrons. The number of carboxylic acid groups (broad SMARTS) is 1. The van der Waals surface area contributed by atoms with Crippen LogP contribution in [0.25, 0.3) is 0 Å². The first-order valence-corrected chi connectivity index (χ1v) is 6.58. The Morgan fingerprint density at radius 3 is 2.56 bits per heavy atom. The van der Waals surface area contributed by atoms with Crippen LogP contribution in [0.4, 0.5) is 0 Å². The number of aliphatic carboxylic acids is 1. The van der Waals surface area contributed by atoms with Gasteiger partial charge in [-0.3, -0.25) is 4.79 Å². The van der Waals surface area contributed by atoms with Gasteiger partial charge < -0.3 is 10.8 Å². The van der Waals surface area contributed by atoms with Crippen molar-refractivity contribution in [2.45, 2.75) is 38.6 Å². The van der Waals surface area contributed by atoms with E-state index in [1.807, 2.05) is 31.2 Å². The zero-order valence-corrected chi connectivity index (χ0v) is 11.5. The van der Waals surface area contributed by atoms with Gasteiger partial charge in [-0.05, 0) is 29.9 Å². The summed E-state index contributed by atoms with van der Waals surface area (Å²) in [5.74, 6) is -0.523. The summed E-state index contributed by atoms with van der Waals surface area (Å²) in [6.45, 7) is 4.12. The Labute approximate surface area is 113 Å². The lowest BCUT2D eigenvalue weighted by Crippen LogP contribution is -2.33. The molecular weight excluding hydrogens is 250 g/mol. The number of hydrogen-bond acceptors (Lipinski definition) is 2. The fourth-order valence-corrected chi connectivity index (χ4v) is 2.56. The molecule has 0 saturated carbocycles. The van der Waals surface area contributed by atoms with Gasteiger partial charge in [-0.2, -0.15) is 0 Å². The van der Waals surface area contributed by atoms with Gasteiger partial charge in [0.15, 0.2) is 0 Å². The molecule has 3 atom stereocenters. The van der Waals surface area contributed by atoms with E-state index in [9.17, 15) is 4.79 Å². The number of nitrogens with two attached hydrogens (primary N) is 1. The van der Waals surface area contributed by atoms with Gasteiger partial charge in [0.05, 0.1) is 0 Å². The second-order valence-corrected chi connectivity index (χ2v) is 5.07. The molecule has 0 aliphatic carbocycles. The van der Waals surface area contributed by atoms with Crippen molar-refractivity contribution >= 4 is 17.6 Å². The van der Waals surface area contributed by atoms with Crippen LogP contribution in [0.15, 0.2) is 24.3 Å². The van der Waals surface area contributed by atoms with Crippen LogP contribution in [0.3, 0.4) is 0 Å². The maximum atomic E-state index is 10.8. The fourth-order valence-electron chi connectivity index (χ4n) is 2.25. The minimum atomic E-state index is -0.945. The SMILES string of the molecule is CCC(CC(N)C(=O)O)C(C)c1ccccc1Cl. The summed E-state index contributed by atoms with van der Waals surface area (Å²) < 4.78 is 0. The highest BCUT2D eigenvalue weighted by Crippen LogP contribution is 2.33. The van der Waals surface area contributed by atoms with Crippen molar-refractivity contribution in [2.75, 3.05) is 0 Å². The summed E-state index contributed by atoms with van der Waals surface area (Å²) in [5, 5.41) is 9.61. The van der Waals surface area contributed by atoms with Crippen LogP contribution in [-0.4, -0.2) is 17.1 Å². The maximum Gasteiger partial charge on any atom is 0.320 e. The number of hydrogen-bond donors (Lipinski definition) is 2. The molecule has 0 fully saturated rings. The molecule has 0 amide bonds. The summed E-state index contributed by atoms with van der Waals surface area (Å²) >= 11 is 6.17. The largest absolute Gasteiger partial charge is 0.480 e. The molecule has 1 aromatic carbocycles. The highest BCUT2D eigenvalue weighted by atomic mass is 35.5. The van der Waals surface area contributed by atoms with Crippen LogP contribution >= 0.6 is 11.6 Å². The van der Waals surface area contributed by atoms with Crippen molar-refractivity contribution < 1.29 is 9.90 Å². The number of halogens is 1. The van der Waals surface area contributed by atoms with Crippen molar-refractivity contribution in [1.29, 1.82) is 0 Å². The maximum absolute atomic E-state index is 10.8. The molecule has 3 nitrogen and oxygen atoms in total. The van der Waals surface area contributed by atoms with Crippen molar-refractivity contribution in [1.82, 2.24) is 0 Å². The Balaban J connectivity index is 2.83. The van der Waals surface area contributed by atoms with Crippen LogP contribution in [0.1, 0.15) is 38.2 Å². The van der Waals surface area contributed by atoms with Gasteiger partial charge in [0, 0.05) is 5.02 Å². The van der Waals surface area contributed by atoms with E-state index >= 15 is 0 Å². The van der Waals surface area contributed by atoms with Crippen molar-refractivity contribution in [3.8, 4) is 0 Å². The smallest absolute Gasteiger partial charge is 0.320 e. The lowest BCUT2D eigenvalue weighted by atomic mass is 9.82. The van der Waals surface area contributed by atoms with Gasteiger partial charge in [0.25, 0.3) is 0 Å². The zero-order valence-electron chi connectivity index (χ0n) is 10.8. The number of benzene rings is 1. The van der Waals surface area contributed by atoms with Gasteiger partial charge in [-0.1, -0.05) is 50.1 Å². The van der Waals surface area contributed by atoms with E-state index in [0.29, 0.717) is 6.42 Å². The average Bonchev–Trinajstić information content (AvgIpc) is 2.35. The zero-order chi connectivity index (χ0) is 13.7.